The molecule has 0 atom stereocenters. The fourth-order valence-corrected chi connectivity index (χ4v) is 2.38. The van der Waals surface area contributed by atoms with Crippen molar-refractivity contribution in [3.8, 4) is 5.75 Å². The molecular formula is C10H7FO2S. The minimum atomic E-state index is -0.403. The Hall–Kier alpha value is -1.42. The first-order valence-electron chi connectivity index (χ1n) is 3.96. The van der Waals surface area contributed by atoms with E-state index in [0.717, 1.165) is 11.7 Å². The molecule has 2 rings (SSSR count). The topological polar surface area (TPSA) is 26.3 Å². The molecule has 0 unspecified atom stereocenters. The highest BCUT2D eigenvalue weighted by Crippen LogP contribution is 2.34. The molecule has 2 aromatic rings. The van der Waals surface area contributed by atoms with Crippen molar-refractivity contribution >= 4 is 27.7 Å². The van der Waals surface area contributed by atoms with Gasteiger partial charge in [-0.1, -0.05) is 0 Å². The Morgan fingerprint density at radius 2 is 2.29 bits per heavy atom. The van der Waals surface area contributed by atoms with E-state index >= 15 is 0 Å². The number of thiophene rings is 1. The molecular weight excluding hydrogens is 203 g/mol. The third-order valence-corrected chi connectivity index (χ3v) is 3.02. The van der Waals surface area contributed by atoms with Crippen LogP contribution in [0.4, 0.5) is 4.39 Å². The maximum Gasteiger partial charge on any atom is 0.172 e. The van der Waals surface area contributed by atoms with E-state index in [4.69, 9.17) is 4.74 Å². The van der Waals surface area contributed by atoms with Gasteiger partial charge in [-0.2, -0.15) is 0 Å². The van der Waals surface area contributed by atoms with Crippen LogP contribution in [0, 0.1) is 5.82 Å². The molecule has 0 radical (unpaired) electrons. The van der Waals surface area contributed by atoms with Crippen molar-refractivity contribution in [3.05, 3.63) is 28.9 Å². The number of carbonyl (C=O) groups is 1. The first-order valence-corrected chi connectivity index (χ1v) is 4.84. The van der Waals surface area contributed by atoms with Crippen LogP contribution in [0.2, 0.25) is 0 Å². The summed E-state index contributed by atoms with van der Waals surface area (Å²) in [6.07, 6.45) is 0.760. The fourth-order valence-electron chi connectivity index (χ4n) is 1.35. The van der Waals surface area contributed by atoms with Crippen molar-refractivity contribution < 1.29 is 13.9 Å². The molecule has 0 aliphatic rings. The van der Waals surface area contributed by atoms with Gasteiger partial charge in [0.25, 0.3) is 0 Å². The van der Waals surface area contributed by atoms with E-state index < -0.39 is 5.82 Å². The SMILES string of the molecule is COc1c(F)ccc2c(C=O)csc12. The summed E-state index contributed by atoms with van der Waals surface area (Å²) in [5, 5.41) is 2.43. The minimum absolute atomic E-state index is 0.209. The van der Waals surface area contributed by atoms with E-state index in [1.807, 2.05) is 0 Å². The Balaban J connectivity index is 2.83. The molecule has 4 heteroatoms. The standard InChI is InChI=1S/C10H7FO2S/c1-13-9-8(11)3-2-7-6(4-12)5-14-10(7)9/h2-5H,1H3. The van der Waals surface area contributed by atoms with E-state index in [1.165, 1.54) is 24.5 Å². The first kappa shape index (κ1) is 9.15. The van der Waals surface area contributed by atoms with Gasteiger partial charge in [-0.25, -0.2) is 4.39 Å². The molecule has 0 fully saturated rings. The highest BCUT2D eigenvalue weighted by molar-refractivity contribution is 7.18. The summed E-state index contributed by atoms with van der Waals surface area (Å²) < 4.78 is 18.8. The summed E-state index contributed by atoms with van der Waals surface area (Å²) in [6, 6.07) is 2.90. The summed E-state index contributed by atoms with van der Waals surface area (Å²) in [7, 11) is 1.41. The molecule has 1 aromatic heterocycles. The van der Waals surface area contributed by atoms with Gasteiger partial charge in [0.05, 0.1) is 11.8 Å². The first-order chi connectivity index (χ1) is 6.77. The Labute approximate surface area is 83.9 Å². The molecule has 0 spiro atoms. The smallest absolute Gasteiger partial charge is 0.172 e. The van der Waals surface area contributed by atoms with Gasteiger partial charge < -0.3 is 4.74 Å². The van der Waals surface area contributed by atoms with Gasteiger partial charge in [-0.15, -0.1) is 11.3 Å². The highest BCUT2D eigenvalue weighted by atomic mass is 32.1. The lowest BCUT2D eigenvalue weighted by molar-refractivity contribution is 0.112. The van der Waals surface area contributed by atoms with Crippen LogP contribution in [0.5, 0.6) is 5.75 Å². The van der Waals surface area contributed by atoms with Crippen LogP contribution in [0.15, 0.2) is 17.5 Å². The Kier molecular flexibility index (Phi) is 2.21. The Bertz CT molecular complexity index is 490. The molecule has 1 aromatic carbocycles. The van der Waals surface area contributed by atoms with Crippen molar-refractivity contribution in [1.82, 2.24) is 0 Å². The van der Waals surface area contributed by atoms with Crippen molar-refractivity contribution in [3.63, 3.8) is 0 Å². The molecule has 0 saturated carbocycles. The third-order valence-electron chi connectivity index (χ3n) is 2.01. The molecule has 0 N–H and O–H groups in total. The lowest BCUT2D eigenvalue weighted by Gasteiger charge is -2.02. The van der Waals surface area contributed by atoms with Gasteiger partial charge in [-0.05, 0) is 12.1 Å². The van der Waals surface area contributed by atoms with E-state index in [9.17, 15) is 9.18 Å². The monoisotopic (exact) mass is 210 g/mol. The zero-order chi connectivity index (χ0) is 10.1. The Morgan fingerprint density at radius 1 is 1.50 bits per heavy atom. The quantitative estimate of drug-likeness (QED) is 0.712. The van der Waals surface area contributed by atoms with Gasteiger partial charge in [0.2, 0.25) is 0 Å². The lowest BCUT2D eigenvalue weighted by atomic mass is 10.2. The number of carbonyl (C=O) groups excluding carboxylic acids is 1. The number of hydrogen-bond acceptors (Lipinski definition) is 3. The molecule has 0 bridgehead atoms. The number of fused-ring (bicyclic) bond motifs is 1. The van der Waals surface area contributed by atoms with Gasteiger partial charge in [0.1, 0.15) is 0 Å². The highest BCUT2D eigenvalue weighted by Gasteiger charge is 2.11. The zero-order valence-electron chi connectivity index (χ0n) is 7.41. The van der Waals surface area contributed by atoms with Crippen molar-refractivity contribution in [2.24, 2.45) is 0 Å². The second-order valence-corrected chi connectivity index (χ2v) is 3.65. The number of methoxy groups -OCH3 is 1. The van der Waals surface area contributed by atoms with Crippen LogP contribution in [-0.2, 0) is 0 Å². The van der Waals surface area contributed by atoms with Gasteiger partial charge in [0, 0.05) is 16.3 Å². The average Bonchev–Trinajstić information content (AvgIpc) is 2.60. The maximum atomic E-state index is 13.2. The second-order valence-electron chi connectivity index (χ2n) is 2.77. The predicted octanol–water partition coefficient (Wildman–Crippen LogP) is 2.86. The second kappa shape index (κ2) is 3.38. The van der Waals surface area contributed by atoms with Gasteiger partial charge >= 0.3 is 0 Å². The lowest BCUT2D eigenvalue weighted by Crippen LogP contribution is -1.87. The van der Waals surface area contributed by atoms with Crippen molar-refractivity contribution in [2.45, 2.75) is 0 Å². The van der Waals surface area contributed by atoms with E-state index in [1.54, 1.807) is 11.4 Å². The number of ether oxygens (including phenoxy) is 1. The minimum Gasteiger partial charge on any atom is -0.492 e. The van der Waals surface area contributed by atoms with Crippen LogP contribution >= 0.6 is 11.3 Å². The van der Waals surface area contributed by atoms with Gasteiger partial charge in [-0.3, -0.25) is 4.79 Å². The van der Waals surface area contributed by atoms with Crippen LogP contribution in [0.25, 0.3) is 10.1 Å². The van der Waals surface area contributed by atoms with Crippen LogP contribution in [0.1, 0.15) is 10.4 Å². The number of hydrogen-bond donors (Lipinski definition) is 0. The maximum absolute atomic E-state index is 13.2. The molecule has 1 heterocycles. The summed E-state index contributed by atoms with van der Waals surface area (Å²) in [5.41, 5.74) is 0.572. The third kappa shape index (κ3) is 1.19. The van der Waals surface area contributed by atoms with Crippen molar-refractivity contribution in [2.75, 3.05) is 7.11 Å². The number of aldehydes is 1. The molecule has 2 nitrogen and oxygen atoms in total. The Morgan fingerprint density at radius 3 is 2.93 bits per heavy atom. The predicted molar refractivity (Wildman–Crippen MR) is 53.7 cm³/mol. The summed E-state index contributed by atoms with van der Waals surface area (Å²) in [6.45, 7) is 0. The largest absolute Gasteiger partial charge is 0.492 e. The average molecular weight is 210 g/mol. The normalized spacial score (nSPS) is 10.4. The fraction of sp³-hybridized carbons (Fsp3) is 0.100. The summed E-state index contributed by atoms with van der Waals surface area (Å²) >= 11 is 1.31. The summed E-state index contributed by atoms with van der Waals surface area (Å²) in [4.78, 5) is 10.6. The number of rotatable bonds is 2. The van der Waals surface area contributed by atoms with Crippen molar-refractivity contribution in [1.29, 1.82) is 0 Å². The summed E-state index contributed by atoms with van der Waals surface area (Å²) in [5.74, 6) is -0.195. The number of halogens is 1. The van der Waals surface area contributed by atoms with E-state index in [0.29, 0.717) is 10.3 Å². The van der Waals surface area contributed by atoms with E-state index in [-0.39, 0.29) is 5.75 Å². The molecule has 0 aliphatic heterocycles. The molecule has 14 heavy (non-hydrogen) atoms. The van der Waals surface area contributed by atoms with Crippen LogP contribution in [-0.4, -0.2) is 13.4 Å². The zero-order valence-corrected chi connectivity index (χ0v) is 8.23. The van der Waals surface area contributed by atoms with Crippen LogP contribution in [0.3, 0.4) is 0 Å². The van der Waals surface area contributed by atoms with Crippen LogP contribution < -0.4 is 4.74 Å². The molecule has 0 aliphatic carbocycles. The van der Waals surface area contributed by atoms with Gasteiger partial charge in [0.15, 0.2) is 17.9 Å². The molecule has 72 valence electrons. The molecule has 0 saturated heterocycles. The van der Waals surface area contributed by atoms with E-state index in [2.05, 4.69) is 0 Å². The molecule has 0 amide bonds. The number of benzene rings is 1.